The van der Waals surface area contributed by atoms with Crippen LogP contribution < -0.4 is 0 Å². The molecule has 0 radical (unpaired) electrons. The molecule has 0 aliphatic heterocycles. The molecule has 2 aromatic carbocycles. The quantitative estimate of drug-likeness (QED) is 0.306. The minimum atomic E-state index is -0.196. The van der Waals surface area contributed by atoms with E-state index in [2.05, 4.69) is 43.6 Å². The van der Waals surface area contributed by atoms with Crippen molar-refractivity contribution < 1.29 is 4.39 Å². The van der Waals surface area contributed by atoms with Gasteiger partial charge in [-0.1, -0.05) is 75.7 Å². The normalized spacial score (nSPS) is 17.7. The van der Waals surface area contributed by atoms with E-state index in [0.717, 1.165) is 35.4 Å². The van der Waals surface area contributed by atoms with Gasteiger partial charge >= 0.3 is 0 Å². The average Bonchev–Trinajstić information content (AvgIpc) is 2.82. The topological polar surface area (TPSA) is 0 Å². The van der Waals surface area contributed by atoms with Crippen LogP contribution in [0.5, 0.6) is 0 Å². The van der Waals surface area contributed by atoms with Crippen LogP contribution >= 0.6 is 0 Å². The van der Waals surface area contributed by atoms with E-state index < -0.39 is 0 Å². The Balaban J connectivity index is 1.56. The van der Waals surface area contributed by atoms with Gasteiger partial charge in [-0.2, -0.15) is 0 Å². The lowest BCUT2D eigenvalue weighted by Crippen LogP contribution is -2.13. The Labute approximate surface area is 195 Å². The summed E-state index contributed by atoms with van der Waals surface area (Å²) < 4.78 is 14.7. The maximum absolute atomic E-state index is 14.7. The Morgan fingerprint density at radius 1 is 0.781 bits per heavy atom. The monoisotopic (exact) mass is 428 g/mol. The molecule has 0 nitrogen and oxygen atoms in total. The third-order valence-electron chi connectivity index (χ3n) is 6.64. The van der Waals surface area contributed by atoms with Crippen LogP contribution in [0.3, 0.4) is 0 Å². The molecule has 2 aromatic rings. The van der Waals surface area contributed by atoms with E-state index in [1.54, 1.807) is 6.07 Å². The number of halogens is 1. The molecule has 32 heavy (non-hydrogen) atoms. The predicted molar refractivity (Wildman–Crippen MR) is 134 cm³/mol. The van der Waals surface area contributed by atoms with Gasteiger partial charge < -0.3 is 0 Å². The lowest BCUT2D eigenvalue weighted by molar-refractivity contribution is 0.302. The molecule has 1 aliphatic rings. The Bertz CT molecular complexity index is 953. The van der Waals surface area contributed by atoms with Crippen LogP contribution in [0.15, 0.2) is 42.5 Å². The van der Waals surface area contributed by atoms with Gasteiger partial charge in [-0.3, -0.25) is 0 Å². The van der Waals surface area contributed by atoms with Gasteiger partial charge in [-0.25, -0.2) is 4.39 Å². The lowest BCUT2D eigenvalue weighted by Gasteiger charge is -2.29. The first kappa shape index (κ1) is 24.1. The van der Waals surface area contributed by atoms with E-state index in [9.17, 15) is 4.39 Å². The van der Waals surface area contributed by atoms with Crippen molar-refractivity contribution in [1.82, 2.24) is 0 Å². The molecule has 0 unspecified atom stereocenters. The second-order valence-electron chi connectivity index (χ2n) is 9.19. The first-order chi connectivity index (χ1) is 15.7. The second kappa shape index (κ2) is 13.1. The van der Waals surface area contributed by atoms with Crippen molar-refractivity contribution in [3.8, 4) is 23.7 Å². The number of unbranched alkanes of at least 4 members (excludes halogenated alkanes) is 4. The summed E-state index contributed by atoms with van der Waals surface area (Å²) in [6.45, 7) is 4.44. The van der Waals surface area contributed by atoms with E-state index in [4.69, 9.17) is 0 Å². The van der Waals surface area contributed by atoms with Gasteiger partial charge in [0.25, 0.3) is 0 Å². The van der Waals surface area contributed by atoms with Crippen molar-refractivity contribution in [1.29, 1.82) is 0 Å². The van der Waals surface area contributed by atoms with Gasteiger partial charge in [0.1, 0.15) is 5.82 Å². The Kier molecular flexibility index (Phi) is 9.91. The summed E-state index contributed by atoms with van der Waals surface area (Å²) in [4.78, 5) is 0. The molecule has 0 heterocycles. The summed E-state index contributed by atoms with van der Waals surface area (Å²) in [5.74, 6) is 13.7. The predicted octanol–water partition coefficient (Wildman–Crippen LogP) is 8.62. The van der Waals surface area contributed by atoms with Crippen LogP contribution in [-0.4, -0.2) is 0 Å². The van der Waals surface area contributed by atoms with Crippen molar-refractivity contribution in [3.63, 3.8) is 0 Å². The standard InChI is InChI=1S/C31H37F/c1-3-5-7-9-11-25-12-14-27(15-13-25)18-21-29-22-23-30(24-31(29)32)28-19-16-26(17-20-28)10-8-6-4-2/h12-15,22-24,26,28H,3-8,10,16-17,19-20H2,1-2H3. The molecule has 0 spiro atoms. The van der Waals surface area contributed by atoms with Crippen molar-refractivity contribution in [2.24, 2.45) is 5.92 Å². The summed E-state index contributed by atoms with van der Waals surface area (Å²) in [7, 11) is 0. The van der Waals surface area contributed by atoms with Crippen LogP contribution in [0.25, 0.3) is 0 Å². The van der Waals surface area contributed by atoms with Gasteiger partial charge in [0.05, 0.1) is 5.56 Å². The maximum atomic E-state index is 14.7. The number of hydrogen-bond donors (Lipinski definition) is 0. The van der Waals surface area contributed by atoms with Crippen LogP contribution in [0.1, 0.15) is 113 Å². The number of hydrogen-bond acceptors (Lipinski definition) is 0. The zero-order valence-electron chi connectivity index (χ0n) is 19.9. The summed E-state index contributed by atoms with van der Waals surface area (Å²) in [6.07, 6.45) is 13.6. The van der Waals surface area contributed by atoms with Crippen LogP contribution in [0.4, 0.5) is 4.39 Å². The SMILES string of the molecule is CCCCC#Cc1ccc(C#Cc2ccc(C3CCC(CCCCC)CC3)cc2F)cc1. The highest BCUT2D eigenvalue weighted by Gasteiger charge is 2.22. The minimum absolute atomic E-state index is 0.196. The molecule has 0 saturated heterocycles. The van der Waals surface area contributed by atoms with Crippen molar-refractivity contribution >= 4 is 0 Å². The fraction of sp³-hybridized carbons (Fsp3) is 0.484. The highest BCUT2D eigenvalue weighted by Crippen LogP contribution is 2.38. The molecule has 1 heteroatoms. The molecule has 3 rings (SSSR count). The zero-order chi connectivity index (χ0) is 22.6. The minimum Gasteiger partial charge on any atom is -0.206 e. The highest BCUT2D eigenvalue weighted by atomic mass is 19.1. The smallest absolute Gasteiger partial charge is 0.139 e. The van der Waals surface area contributed by atoms with E-state index in [1.165, 1.54) is 57.8 Å². The molecule has 1 saturated carbocycles. The molecule has 168 valence electrons. The van der Waals surface area contributed by atoms with Crippen LogP contribution in [0, 0.1) is 35.4 Å². The zero-order valence-corrected chi connectivity index (χ0v) is 19.9. The van der Waals surface area contributed by atoms with Gasteiger partial charge in [0.2, 0.25) is 0 Å². The molecular weight excluding hydrogens is 391 g/mol. The van der Waals surface area contributed by atoms with Gasteiger partial charge in [-0.05, 0) is 85.9 Å². The largest absolute Gasteiger partial charge is 0.206 e. The summed E-state index contributed by atoms with van der Waals surface area (Å²) >= 11 is 0. The number of rotatable bonds is 7. The van der Waals surface area contributed by atoms with Crippen LogP contribution in [-0.2, 0) is 0 Å². The van der Waals surface area contributed by atoms with Crippen molar-refractivity contribution in [2.45, 2.75) is 90.4 Å². The van der Waals surface area contributed by atoms with E-state index >= 15 is 0 Å². The van der Waals surface area contributed by atoms with E-state index in [1.807, 2.05) is 30.3 Å². The van der Waals surface area contributed by atoms with E-state index in [0.29, 0.717) is 11.5 Å². The van der Waals surface area contributed by atoms with Gasteiger partial charge in [-0.15, -0.1) is 0 Å². The highest BCUT2D eigenvalue weighted by molar-refractivity contribution is 5.47. The second-order valence-corrected chi connectivity index (χ2v) is 9.19. The molecule has 0 bridgehead atoms. The maximum Gasteiger partial charge on any atom is 0.139 e. The molecule has 1 aliphatic carbocycles. The van der Waals surface area contributed by atoms with E-state index in [-0.39, 0.29) is 5.82 Å². The van der Waals surface area contributed by atoms with Crippen molar-refractivity contribution in [2.75, 3.05) is 0 Å². The third kappa shape index (κ3) is 7.57. The first-order valence-electron chi connectivity index (χ1n) is 12.6. The molecule has 0 aromatic heterocycles. The van der Waals surface area contributed by atoms with Crippen LogP contribution in [0.2, 0.25) is 0 Å². The average molecular weight is 429 g/mol. The Morgan fingerprint density at radius 3 is 2.12 bits per heavy atom. The Hall–Kier alpha value is -2.51. The first-order valence-corrected chi connectivity index (χ1v) is 12.6. The molecular formula is C31H37F. The fourth-order valence-electron chi connectivity index (χ4n) is 4.56. The summed E-state index contributed by atoms with van der Waals surface area (Å²) in [5, 5.41) is 0. The van der Waals surface area contributed by atoms with Gasteiger partial charge in [0, 0.05) is 17.5 Å². The summed E-state index contributed by atoms with van der Waals surface area (Å²) in [6, 6.07) is 13.6. The summed E-state index contributed by atoms with van der Waals surface area (Å²) in [5.41, 5.74) is 3.51. The molecule has 1 fully saturated rings. The molecule has 0 amide bonds. The molecule has 0 N–H and O–H groups in total. The Morgan fingerprint density at radius 2 is 1.47 bits per heavy atom. The lowest BCUT2D eigenvalue weighted by atomic mass is 9.77. The third-order valence-corrected chi connectivity index (χ3v) is 6.64. The molecule has 0 atom stereocenters. The fourth-order valence-corrected chi connectivity index (χ4v) is 4.56. The number of benzene rings is 2. The van der Waals surface area contributed by atoms with Gasteiger partial charge in [0.15, 0.2) is 0 Å². The van der Waals surface area contributed by atoms with Crippen molar-refractivity contribution in [3.05, 3.63) is 70.5 Å².